The predicted octanol–water partition coefficient (Wildman–Crippen LogP) is 2.52. The molecule has 0 fully saturated rings. The van der Waals surface area contributed by atoms with Crippen molar-refractivity contribution in [2.75, 3.05) is 11.3 Å². The van der Waals surface area contributed by atoms with Crippen LogP contribution in [0.25, 0.3) is 0 Å². The minimum atomic E-state index is 0.376. The van der Waals surface area contributed by atoms with E-state index in [1.54, 1.807) is 6.20 Å². The molecule has 0 unspecified atom stereocenters. The van der Waals surface area contributed by atoms with E-state index in [2.05, 4.69) is 37.8 Å². The Bertz CT molecular complexity index is 815. The Morgan fingerprint density at radius 2 is 1.96 bits per heavy atom. The molecular weight excluding hydrogens is 322 g/mol. The van der Waals surface area contributed by atoms with E-state index in [-0.39, 0.29) is 0 Å². The van der Waals surface area contributed by atoms with Crippen molar-refractivity contribution >= 4 is 23.4 Å². The zero-order valence-electron chi connectivity index (χ0n) is 13.1. The van der Waals surface area contributed by atoms with Gasteiger partial charge in [0.15, 0.2) is 0 Å². The number of thioether (sulfide) groups is 1. The maximum absolute atomic E-state index is 6.02. The van der Waals surface area contributed by atoms with Gasteiger partial charge in [-0.2, -0.15) is 5.10 Å². The highest BCUT2D eigenvalue weighted by atomic mass is 32.2. The molecule has 0 aliphatic carbocycles. The molecule has 1 aromatic carbocycles. The third-order valence-electron chi connectivity index (χ3n) is 3.23. The molecule has 0 radical (unpaired) electrons. The van der Waals surface area contributed by atoms with E-state index in [9.17, 15) is 0 Å². The van der Waals surface area contributed by atoms with Gasteiger partial charge >= 0.3 is 0 Å². The number of pyridine rings is 1. The Kier molecular flexibility index (Phi) is 5.07. The molecule has 0 saturated heterocycles. The summed E-state index contributed by atoms with van der Waals surface area (Å²) in [6, 6.07) is 15.8. The monoisotopic (exact) mass is 339 g/mol. The van der Waals surface area contributed by atoms with Gasteiger partial charge < -0.3 is 5.84 Å². The lowest BCUT2D eigenvalue weighted by Crippen LogP contribution is -2.14. The molecule has 7 nitrogen and oxygen atoms in total. The Hall–Kier alpha value is -2.87. The van der Waals surface area contributed by atoms with Crippen molar-refractivity contribution in [1.82, 2.24) is 19.9 Å². The fraction of sp³-hybridized carbons (Fsp3) is 0.125. The zero-order valence-corrected chi connectivity index (χ0v) is 13.9. The van der Waals surface area contributed by atoms with Gasteiger partial charge in [0, 0.05) is 11.9 Å². The lowest BCUT2D eigenvalue weighted by Gasteiger charge is -2.04. The van der Waals surface area contributed by atoms with E-state index in [1.165, 1.54) is 22.0 Å². The van der Waals surface area contributed by atoms with Crippen LogP contribution >= 0.6 is 11.8 Å². The highest BCUT2D eigenvalue weighted by molar-refractivity contribution is 7.98. The standard InChI is InChI=1S/C16H17N7S/c1-12(14-9-5-6-10-18-14)19-20-15-21-22-16(23(15)17)24-11-13-7-3-2-4-8-13/h2-10H,11,17H2,1H3,(H,20,21)/b19-12+. The fourth-order valence-corrected chi connectivity index (χ4v) is 2.75. The zero-order chi connectivity index (χ0) is 16.8. The van der Waals surface area contributed by atoms with Gasteiger partial charge in [0.1, 0.15) is 0 Å². The van der Waals surface area contributed by atoms with E-state index >= 15 is 0 Å². The van der Waals surface area contributed by atoms with Crippen molar-refractivity contribution in [3.8, 4) is 0 Å². The summed E-state index contributed by atoms with van der Waals surface area (Å²) in [6.45, 7) is 1.86. The molecule has 0 aliphatic rings. The largest absolute Gasteiger partial charge is 0.334 e. The number of hydrazone groups is 1. The Morgan fingerprint density at radius 3 is 2.71 bits per heavy atom. The van der Waals surface area contributed by atoms with Gasteiger partial charge in [-0.15, -0.1) is 10.2 Å². The number of anilines is 1. The maximum Gasteiger partial charge on any atom is 0.264 e. The number of hydrogen-bond donors (Lipinski definition) is 2. The first-order valence-electron chi connectivity index (χ1n) is 7.33. The minimum Gasteiger partial charge on any atom is -0.334 e. The predicted molar refractivity (Wildman–Crippen MR) is 96.2 cm³/mol. The van der Waals surface area contributed by atoms with Crippen LogP contribution in [-0.4, -0.2) is 25.6 Å². The van der Waals surface area contributed by atoms with Gasteiger partial charge in [-0.1, -0.05) is 48.2 Å². The van der Waals surface area contributed by atoms with Crippen molar-refractivity contribution in [2.24, 2.45) is 5.10 Å². The van der Waals surface area contributed by atoms with Crippen molar-refractivity contribution < 1.29 is 0 Å². The smallest absolute Gasteiger partial charge is 0.264 e. The van der Waals surface area contributed by atoms with Crippen LogP contribution in [0.15, 0.2) is 65.0 Å². The van der Waals surface area contributed by atoms with Crippen LogP contribution < -0.4 is 11.3 Å². The number of hydrogen-bond acceptors (Lipinski definition) is 7. The topological polar surface area (TPSA) is 94.0 Å². The van der Waals surface area contributed by atoms with E-state index in [0.717, 1.165) is 17.2 Å². The van der Waals surface area contributed by atoms with Gasteiger partial charge in [-0.25, -0.2) is 10.1 Å². The molecule has 0 saturated carbocycles. The molecule has 2 heterocycles. The first-order chi connectivity index (χ1) is 11.7. The second-order valence-electron chi connectivity index (χ2n) is 4.97. The lowest BCUT2D eigenvalue weighted by molar-refractivity contribution is 0.846. The van der Waals surface area contributed by atoms with Crippen LogP contribution in [-0.2, 0) is 5.75 Å². The minimum absolute atomic E-state index is 0.376. The number of aromatic nitrogens is 4. The summed E-state index contributed by atoms with van der Waals surface area (Å²) < 4.78 is 1.39. The van der Waals surface area contributed by atoms with Crippen LogP contribution in [0, 0.1) is 0 Å². The van der Waals surface area contributed by atoms with Crippen LogP contribution in [0.3, 0.4) is 0 Å². The van der Waals surface area contributed by atoms with E-state index < -0.39 is 0 Å². The van der Waals surface area contributed by atoms with Crippen LogP contribution in [0.5, 0.6) is 0 Å². The molecule has 3 rings (SSSR count). The third-order valence-corrected chi connectivity index (χ3v) is 4.25. The fourth-order valence-electron chi connectivity index (χ4n) is 1.94. The molecule has 0 bridgehead atoms. The number of nitrogens with two attached hydrogens (primary N) is 1. The second-order valence-corrected chi connectivity index (χ2v) is 5.92. The summed E-state index contributed by atoms with van der Waals surface area (Å²) in [5.74, 6) is 7.16. The summed E-state index contributed by atoms with van der Waals surface area (Å²) in [5.41, 5.74) is 5.54. The molecular formula is C16H17N7S. The summed E-state index contributed by atoms with van der Waals surface area (Å²) in [4.78, 5) is 4.23. The summed E-state index contributed by atoms with van der Waals surface area (Å²) in [6.07, 6.45) is 1.72. The molecule has 0 aliphatic heterocycles. The molecule has 3 aromatic rings. The van der Waals surface area contributed by atoms with Crippen LogP contribution in [0.2, 0.25) is 0 Å². The van der Waals surface area contributed by atoms with Gasteiger partial charge in [0.25, 0.3) is 5.95 Å². The highest BCUT2D eigenvalue weighted by Crippen LogP contribution is 2.21. The number of rotatable bonds is 6. The molecule has 8 heteroatoms. The average Bonchev–Trinajstić information content (AvgIpc) is 2.99. The Labute approximate surface area is 144 Å². The summed E-state index contributed by atoms with van der Waals surface area (Å²) in [7, 11) is 0. The quantitative estimate of drug-likeness (QED) is 0.310. The van der Waals surface area contributed by atoms with E-state index in [4.69, 9.17) is 5.84 Å². The second kappa shape index (κ2) is 7.60. The SMILES string of the molecule is C/C(=N\Nc1nnc(SCc2ccccc2)n1N)c1ccccn1. The number of benzene rings is 1. The van der Waals surface area contributed by atoms with Crippen LogP contribution in [0.4, 0.5) is 5.95 Å². The lowest BCUT2D eigenvalue weighted by atomic mass is 10.2. The van der Waals surface area contributed by atoms with Crippen LogP contribution in [0.1, 0.15) is 18.2 Å². The number of nitrogens with one attached hydrogen (secondary N) is 1. The number of nitrogens with zero attached hydrogens (tertiary/aromatic N) is 5. The van der Waals surface area contributed by atoms with Crippen molar-refractivity contribution in [2.45, 2.75) is 17.8 Å². The first-order valence-corrected chi connectivity index (χ1v) is 8.31. The van der Waals surface area contributed by atoms with Gasteiger partial charge in [-0.3, -0.25) is 4.98 Å². The molecule has 122 valence electrons. The Balaban J connectivity index is 1.64. The molecule has 24 heavy (non-hydrogen) atoms. The molecule has 0 atom stereocenters. The average molecular weight is 339 g/mol. The Morgan fingerprint density at radius 1 is 1.17 bits per heavy atom. The molecule has 2 aromatic heterocycles. The van der Waals surface area contributed by atoms with Crippen molar-refractivity contribution in [3.63, 3.8) is 0 Å². The van der Waals surface area contributed by atoms with E-state index in [0.29, 0.717) is 11.1 Å². The van der Waals surface area contributed by atoms with Gasteiger partial charge in [0.05, 0.1) is 11.4 Å². The summed E-state index contributed by atoms with van der Waals surface area (Å²) >= 11 is 1.52. The molecule has 0 spiro atoms. The summed E-state index contributed by atoms with van der Waals surface area (Å²) in [5, 5.41) is 13.0. The maximum atomic E-state index is 6.02. The number of nitrogen functional groups attached to an aromatic ring is 1. The van der Waals surface area contributed by atoms with Crippen molar-refractivity contribution in [3.05, 3.63) is 66.0 Å². The van der Waals surface area contributed by atoms with Crippen molar-refractivity contribution in [1.29, 1.82) is 0 Å². The molecule has 0 amide bonds. The normalized spacial score (nSPS) is 11.5. The third kappa shape index (κ3) is 3.90. The van der Waals surface area contributed by atoms with Gasteiger partial charge in [0.2, 0.25) is 5.16 Å². The highest BCUT2D eigenvalue weighted by Gasteiger charge is 2.10. The van der Waals surface area contributed by atoms with Gasteiger partial charge in [-0.05, 0) is 24.6 Å². The molecule has 3 N–H and O–H groups in total. The first kappa shape index (κ1) is 16.0. The van der Waals surface area contributed by atoms with E-state index in [1.807, 2.05) is 43.3 Å².